The summed E-state index contributed by atoms with van der Waals surface area (Å²) in [7, 11) is 0. The van der Waals surface area contributed by atoms with Crippen LogP contribution in [0.25, 0.3) is 5.69 Å². The Kier molecular flexibility index (Phi) is 7.22. The average Bonchev–Trinajstić information content (AvgIpc) is 3.42. The number of nitrogens with zero attached hydrogens (tertiary/aromatic N) is 3. The van der Waals surface area contributed by atoms with E-state index in [0.717, 1.165) is 36.4 Å². The lowest BCUT2D eigenvalue weighted by molar-refractivity contribution is 0.0779. The summed E-state index contributed by atoms with van der Waals surface area (Å²) in [5, 5.41) is 7.90. The Morgan fingerprint density at radius 1 is 1.15 bits per heavy atom. The van der Waals surface area contributed by atoms with E-state index in [1.54, 1.807) is 0 Å². The number of hydrogen-bond donors (Lipinski definition) is 1. The SMILES string of the molecule is Cc1nn(-c2ccccc2)c(Oc2ccccc2)c1CN(C[C@H]1CCCO1)C(=O)NC(C)(C)C. The molecule has 1 aliphatic rings. The molecule has 3 aromatic rings. The number of carbonyl (C=O) groups is 1. The fraction of sp³-hybridized carbons (Fsp3) is 0.407. The van der Waals surface area contributed by atoms with Gasteiger partial charge in [0.15, 0.2) is 0 Å². The first-order valence-electron chi connectivity index (χ1n) is 11.9. The van der Waals surface area contributed by atoms with E-state index in [4.69, 9.17) is 14.6 Å². The molecule has 0 spiro atoms. The molecule has 1 aliphatic heterocycles. The summed E-state index contributed by atoms with van der Waals surface area (Å²) in [6, 6.07) is 19.4. The molecule has 7 heteroatoms. The predicted molar refractivity (Wildman–Crippen MR) is 132 cm³/mol. The second-order valence-corrected chi connectivity index (χ2v) is 9.73. The van der Waals surface area contributed by atoms with Crippen LogP contribution in [0.4, 0.5) is 4.79 Å². The number of aryl methyl sites for hydroxylation is 1. The van der Waals surface area contributed by atoms with Gasteiger partial charge in [0.25, 0.3) is 0 Å². The number of ether oxygens (including phenoxy) is 2. The van der Waals surface area contributed by atoms with Crippen LogP contribution in [0.1, 0.15) is 44.9 Å². The van der Waals surface area contributed by atoms with Crippen molar-refractivity contribution in [2.75, 3.05) is 13.2 Å². The summed E-state index contributed by atoms with van der Waals surface area (Å²) in [5.41, 5.74) is 2.23. The Bertz CT molecular complexity index is 1080. The molecular formula is C27H34N4O3. The number of aromatic nitrogens is 2. The van der Waals surface area contributed by atoms with Gasteiger partial charge in [0.2, 0.25) is 5.88 Å². The zero-order valence-electron chi connectivity index (χ0n) is 20.5. The molecule has 4 rings (SSSR count). The van der Waals surface area contributed by atoms with Crippen LogP contribution in [0.2, 0.25) is 0 Å². The average molecular weight is 463 g/mol. The molecule has 1 atom stereocenters. The predicted octanol–water partition coefficient (Wildman–Crippen LogP) is 5.46. The van der Waals surface area contributed by atoms with E-state index < -0.39 is 0 Å². The molecule has 0 radical (unpaired) electrons. The van der Waals surface area contributed by atoms with Crippen molar-refractivity contribution >= 4 is 6.03 Å². The van der Waals surface area contributed by atoms with E-state index in [0.29, 0.717) is 24.7 Å². The summed E-state index contributed by atoms with van der Waals surface area (Å²) in [4.78, 5) is 15.1. The minimum absolute atomic E-state index is 0.0358. The topological polar surface area (TPSA) is 68.6 Å². The van der Waals surface area contributed by atoms with E-state index in [9.17, 15) is 4.79 Å². The molecule has 0 saturated carbocycles. The number of rotatable bonds is 7. The lowest BCUT2D eigenvalue weighted by Gasteiger charge is -2.30. The summed E-state index contributed by atoms with van der Waals surface area (Å²) < 4.78 is 14.0. The van der Waals surface area contributed by atoms with Crippen molar-refractivity contribution < 1.29 is 14.3 Å². The zero-order valence-corrected chi connectivity index (χ0v) is 20.5. The molecule has 2 amide bonds. The highest BCUT2D eigenvalue weighted by Gasteiger charge is 2.28. The third-order valence-electron chi connectivity index (χ3n) is 5.66. The summed E-state index contributed by atoms with van der Waals surface area (Å²) in [5.74, 6) is 1.32. The smallest absolute Gasteiger partial charge is 0.318 e. The van der Waals surface area contributed by atoms with Gasteiger partial charge in [-0.3, -0.25) is 0 Å². The van der Waals surface area contributed by atoms with Gasteiger partial charge in [0, 0.05) is 18.7 Å². The summed E-state index contributed by atoms with van der Waals surface area (Å²) in [6.45, 7) is 9.53. The van der Waals surface area contributed by atoms with Crippen LogP contribution in [0.3, 0.4) is 0 Å². The molecule has 180 valence electrons. The largest absolute Gasteiger partial charge is 0.439 e. The van der Waals surface area contributed by atoms with Crippen molar-refractivity contribution in [2.45, 2.75) is 58.7 Å². The number of amides is 2. The van der Waals surface area contributed by atoms with Gasteiger partial charge < -0.3 is 19.7 Å². The maximum Gasteiger partial charge on any atom is 0.318 e. The van der Waals surface area contributed by atoms with Gasteiger partial charge >= 0.3 is 6.03 Å². The van der Waals surface area contributed by atoms with Crippen LogP contribution in [0.15, 0.2) is 60.7 Å². The van der Waals surface area contributed by atoms with Gasteiger partial charge in [-0.05, 0) is 64.8 Å². The van der Waals surface area contributed by atoms with Crippen LogP contribution in [0, 0.1) is 6.92 Å². The van der Waals surface area contributed by atoms with Crippen LogP contribution >= 0.6 is 0 Å². The van der Waals surface area contributed by atoms with Gasteiger partial charge in [-0.25, -0.2) is 9.48 Å². The highest BCUT2D eigenvalue weighted by Crippen LogP contribution is 2.32. The normalized spacial score (nSPS) is 15.8. The molecule has 1 saturated heterocycles. The van der Waals surface area contributed by atoms with Crippen LogP contribution < -0.4 is 10.1 Å². The first-order valence-corrected chi connectivity index (χ1v) is 11.9. The van der Waals surface area contributed by atoms with Crippen molar-refractivity contribution in [1.29, 1.82) is 0 Å². The second-order valence-electron chi connectivity index (χ2n) is 9.73. The monoisotopic (exact) mass is 462 g/mol. The van der Waals surface area contributed by atoms with Crippen molar-refractivity contribution in [3.05, 3.63) is 71.9 Å². The Hall–Kier alpha value is -3.32. The molecule has 1 fully saturated rings. The van der Waals surface area contributed by atoms with Gasteiger partial charge in [-0.1, -0.05) is 36.4 Å². The fourth-order valence-corrected chi connectivity index (χ4v) is 4.01. The molecule has 0 aliphatic carbocycles. The van der Waals surface area contributed by atoms with Crippen molar-refractivity contribution in [2.24, 2.45) is 0 Å². The Balaban J connectivity index is 1.71. The Morgan fingerprint density at radius 2 is 1.82 bits per heavy atom. The number of benzene rings is 2. The Labute approximate surface area is 201 Å². The van der Waals surface area contributed by atoms with Crippen LogP contribution in [-0.2, 0) is 11.3 Å². The Morgan fingerprint density at radius 3 is 2.44 bits per heavy atom. The molecule has 0 unspecified atom stereocenters. The van der Waals surface area contributed by atoms with Crippen molar-refractivity contribution in [1.82, 2.24) is 20.0 Å². The van der Waals surface area contributed by atoms with E-state index in [1.807, 2.05) is 97.9 Å². The molecule has 1 N–H and O–H groups in total. The highest BCUT2D eigenvalue weighted by atomic mass is 16.5. The first kappa shape index (κ1) is 23.8. The maximum absolute atomic E-state index is 13.3. The number of urea groups is 1. The molecule has 2 heterocycles. The minimum atomic E-state index is -0.349. The maximum atomic E-state index is 13.3. The lowest BCUT2D eigenvalue weighted by Crippen LogP contribution is -2.50. The third kappa shape index (κ3) is 5.97. The number of nitrogens with one attached hydrogen (secondary N) is 1. The molecule has 34 heavy (non-hydrogen) atoms. The van der Waals surface area contributed by atoms with Crippen LogP contribution in [-0.4, -0.2) is 45.5 Å². The summed E-state index contributed by atoms with van der Waals surface area (Å²) in [6.07, 6.45) is 2.01. The zero-order chi connectivity index (χ0) is 24.1. The number of carbonyl (C=O) groups excluding carboxylic acids is 1. The molecular weight excluding hydrogens is 428 g/mol. The fourth-order valence-electron chi connectivity index (χ4n) is 4.01. The van der Waals surface area contributed by atoms with Gasteiger partial charge in [0.05, 0.1) is 29.6 Å². The van der Waals surface area contributed by atoms with Crippen molar-refractivity contribution in [3.8, 4) is 17.3 Å². The number of hydrogen-bond acceptors (Lipinski definition) is 4. The van der Waals surface area contributed by atoms with Gasteiger partial charge in [0.1, 0.15) is 5.75 Å². The van der Waals surface area contributed by atoms with E-state index in [1.165, 1.54) is 0 Å². The highest BCUT2D eigenvalue weighted by molar-refractivity contribution is 5.75. The van der Waals surface area contributed by atoms with Gasteiger partial charge in [-0.15, -0.1) is 0 Å². The molecule has 7 nitrogen and oxygen atoms in total. The third-order valence-corrected chi connectivity index (χ3v) is 5.66. The quantitative estimate of drug-likeness (QED) is 0.506. The molecule has 2 aromatic carbocycles. The van der Waals surface area contributed by atoms with Gasteiger partial charge in [-0.2, -0.15) is 5.10 Å². The second kappa shape index (κ2) is 10.3. The first-order chi connectivity index (χ1) is 16.3. The van der Waals surface area contributed by atoms with E-state index >= 15 is 0 Å². The minimum Gasteiger partial charge on any atom is -0.439 e. The molecule has 1 aromatic heterocycles. The lowest BCUT2D eigenvalue weighted by atomic mass is 10.1. The standard InChI is InChI=1S/C27H34N4O3/c1-20-24(19-30(18-23-16-11-17-33-23)26(32)28-27(2,3)4)25(34-22-14-9-6-10-15-22)31(29-20)21-12-7-5-8-13-21/h5-10,12-15,23H,11,16-19H2,1-4H3,(H,28,32)/t23-/m1/s1. The summed E-state index contributed by atoms with van der Waals surface area (Å²) >= 11 is 0. The number of para-hydroxylation sites is 2. The van der Waals surface area contributed by atoms with E-state index in [2.05, 4.69) is 5.32 Å². The molecule has 0 bridgehead atoms. The van der Waals surface area contributed by atoms with Crippen LogP contribution in [0.5, 0.6) is 11.6 Å². The van der Waals surface area contributed by atoms with Crippen molar-refractivity contribution in [3.63, 3.8) is 0 Å². The van der Waals surface area contributed by atoms with E-state index in [-0.39, 0.29) is 17.7 Å².